The van der Waals surface area contributed by atoms with E-state index in [4.69, 9.17) is 0 Å². The highest BCUT2D eigenvalue weighted by Crippen LogP contribution is 2.54. The van der Waals surface area contributed by atoms with Crippen LogP contribution in [-0.2, 0) is 0 Å². The summed E-state index contributed by atoms with van der Waals surface area (Å²) >= 11 is 0. The molecule has 0 unspecified atom stereocenters. The van der Waals surface area contributed by atoms with Gasteiger partial charge in [-0.25, -0.2) is 0 Å². The first-order valence-corrected chi connectivity index (χ1v) is 5.49. The van der Waals surface area contributed by atoms with Gasteiger partial charge in [0.15, 0.2) is 0 Å². The van der Waals surface area contributed by atoms with E-state index < -0.39 is 0 Å². The second-order valence-corrected chi connectivity index (χ2v) is 4.89. The third-order valence-corrected chi connectivity index (χ3v) is 3.85. The second-order valence-electron chi connectivity index (χ2n) is 4.89. The van der Waals surface area contributed by atoms with Crippen LogP contribution in [0.1, 0.15) is 44.9 Å². The zero-order valence-electron chi connectivity index (χ0n) is 8.23. The Morgan fingerprint density at radius 1 is 1.17 bits per heavy atom. The van der Waals surface area contributed by atoms with Gasteiger partial charge in [0, 0.05) is 0 Å². The van der Waals surface area contributed by atoms with Crippen LogP contribution >= 0.6 is 0 Å². The molecule has 2 aliphatic rings. The lowest BCUT2D eigenvalue weighted by Crippen LogP contribution is -2.42. The summed E-state index contributed by atoms with van der Waals surface area (Å²) in [6.07, 6.45) is 10.6. The summed E-state index contributed by atoms with van der Waals surface area (Å²) in [5.74, 6) is 1.01. The molecule has 2 rings (SSSR count). The van der Waals surface area contributed by atoms with Gasteiger partial charge in [-0.1, -0.05) is 19.3 Å². The molecule has 0 aromatic carbocycles. The third kappa shape index (κ3) is 1.52. The first kappa shape index (κ1) is 8.55. The highest BCUT2D eigenvalue weighted by Gasteiger charge is 2.43. The highest BCUT2D eigenvalue weighted by molar-refractivity contribution is 4.95. The topological polar surface area (TPSA) is 12.0 Å². The van der Waals surface area contributed by atoms with Gasteiger partial charge in [-0.15, -0.1) is 0 Å². The summed E-state index contributed by atoms with van der Waals surface area (Å²) in [6, 6.07) is 0. The summed E-state index contributed by atoms with van der Waals surface area (Å²) in [7, 11) is 2.08. The summed E-state index contributed by atoms with van der Waals surface area (Å²) < 4.78 is 0. The third-order valence-electron chi connectivity index (χ3n) is 3.85. The van der Waals surface area contributed by atoms with Crippen molar-refractivity contribution in [3.8, 4) is 0 Å². The van der Waals surface area contributed by atoms with Crippen LogP contribution in [0, 0.1) is 11.3 Å². The Morgan fingerprint density at radius 2 is 1.83 bits per heavy atom. The number of hydrogen-bond donors (Lipinski definition) is 1. The molecule has 0 heterocycles. The van der Waals surface area contributed by atoms with E-state index in [0.717, 1.165) is 11.3 Å². The van der Waals surface area contributed by atoms with Crippen LogP contribution in [0.2, 0.25) is 0 Å². The first-order valence-electron chi connectivity index (χ1n) is 5.49. The van der Waals surface area contributed by atoms with Gasteiger partial charge in [-0.3, -0.25) is 0 Å². The summed E-state index contributed by atoms with van der Waals surface area (Å²) in [5.41, 5.74) is 0.833. The fourth-order valence-electron chi connectivity index (χ4n) is 3.31. The minimum Gasteiger partial charge on any atom is -0.319 e. The molecule has 12 heavy (non-hydrogen) atoms. The van der Waals surface area contributed by atoms with Gasteiger partial charge in [0.05, 0.1) is 0 Å². The molecular formula is C11H21N. The molecule has 0 saturated heterocycles. The van der Waals surface area contributed by atoms with E-state index >= 15 is 0 Å². The highest BCUT2D eigenvalue weighted by atomic mass is 14.8. The normalized spacial score (nSPS) is 28.8. The standard InChI is InChI=1S/C11H21N/c1-12-9-10-7-11(8-10)5-3-2-4-6-11/h10,12H,2-9H2,1H3. The van der Waals surface area contributed by atoms with Crippen molar-refractivity contribution >= 4 is 0 Å². The average Bonchev–Trinajstić information content (AvgIpc) is 2.04. The monoisotopic (exact) mass is 167 g/mol. The Kier molecular flexibility index (Phi) is 2.40. The molecular weight excluding hydrogens is 146 g/mol. The molecule has 2 saturated carbocycles. The molecule has 1 heteroatoms. The zero-order chi connectivity index (χ0) is 8.44. The van der Waals surface area contributed by atoms with Gasteiger partial charge in [0.2, 0.25) is 0 Å². The molecule has 0 atom stereocenters. The van der Waals surface area contributed by atoms with Crippen molar-refractivity contribution in [3.05, 3.63) is 0 Å². The van der Waals surface area contributed by atoms with Crippen molar-refractivity contribution in [2.45, 2.75) is 44.9 Å². The minimum atomic E-state index is 0.833. The molecule has 1 N–H and O–H groups in total. The lowest BCUT2D eigenvalue weighted by molar-refractivity contribution is 0.0163. The average molecular weight is 167 g/mol. The van der Waals surface area contributed by atoms with E-state index in [1.165, 1.54) is 51.5 Å². The SMILES string of the molecule is CNCC1CC2(CCCCC2)C1. The van der Waals surface area contributed by atoms with E-state index in [0.29, 0.717) is 0 Å². The van der Waals surface area contributed by atoms with Crippen molar-refractivity contribution in [2.75, 3.05) is 13.6 Å². The predicted molar refractivity (Wildman–Crippen MR) is 52.2 cm³/mol. The van der Waals surface area contributed by atoms with Crippen molar-refractivity contribution in [3.63, 3.8) is 0 Å². The molecule has 0 aromatic rings. The van der Waals surface area contributed by atoms with Gasteiger partial charge in [-0.2, -0.15) is 0 Å². The van der Waals surface area contributed by atoms with E-state index in [-0.39, 0.29) is 0 Å². The van der Waals surface area contributed by atoms with Crippen LogP contribution in [0.3, 0.4) is 0 Å². The lowest BCUT2D eigenvalue weighted by atomic mass is 9.56. The van der Waals surface area contributed by atoms with Crippen LogP contribution < -0.4 is 5.32 Å². The number of nitrogens with one attached hydrogen (secondary N) is 1. The maximum atomic E-state index is 3.29. The van der Waals surface area contributed by atoms with Gasteiger partial charge >= 0.3 is 0 Å². The Balaban J connectivity index is 1.77. The van der Waals surface area contributed by atoms with Crippen molar-refractivity contribution < 1.29 is 0 Å². The maximum absolute atomic E-state index is 3.29. The summed E-state index contributed by atoms with van der Waals surface area (Å²) in [5, 5.41) is 3.29. The Bertz CT molecular complexity index is 139. The van der Waals surface area contributed by atoms with E-state index in [2.05, 4.69) is 12.4 Å². The fourth-order valence-corrected chi connectivity index (χ4v) is 3.31. The number of rotatable bonds is 2. The van der Waals surface area contributed by atoms with E-state index in [9.17, 15) is 0 Å². The van der Waals surface area contributed by atoms with Gasteiger partial charge in [-0.05, 0) is 50.6 Å². The summed E-state index contributed by atoms with van der Waals surface area (Å²) in [4.78, 5) is 0. The van der Waals surface area contributed by atoms with Crippen molar-refractivity contribution in [1.29, 1.82) is 0 Å². The second kappa shape index (κ2) is 3.37. The first-order chi connectivity index (χ1) is 5.85. The molecule has 0 aromatic heterocycles. The van der Waals surface area contributed by atoms with Crippen LogP contribution in [-0.4, -0.2) is 13.6 Å². The molecule has 2 aliphatic carbocycles. The van der Waals surface area contributed by atoms with Crippen molar-refractivity contribution in [1.82, 2.24) is 5.32 Å². The van der Waals surface area contributed by atoms with Crippen molar-refractivity contribution in [2.24, 2.45) is 11.3 Å². The molecule has 0 bridgehead atoms. The van der Waals surface area contributed by atoms with Crippen LogP contribution in [0.25, 0.3) is 0 Å². The Hall–Kier alpha value is -0.0400. The van der Waals surface area contributed by atoms with E-state index in [1.54, 1.807) is 0 Å². The van der Waals surface area contributed by atoms with Crippen LogP contribution in [0.4, 0.5) is 0 Å². The molecule has 1 nitrogen and oxygen atoms in total. The van der Waals surface area contributed by atoms with Gasteiger partial charge < -0.3 is 5.32 Å². The largest absolute Gasteiger partial charge is 0.319 e. The Morgan fingerprint density at radius 3 is 2.42 bits per heavy atom. The predicted octanol–water partition coefficient (Wildman–Crippen LogP) is 2.57. The maximum Gasteiger partial charge on any atom is -0.00231 e. The lowest BCUT2D eigenvalue weighted by Gasteiger charge is -2.50. The smallest absolute Gasteiger partial charge is 0.00231 e. The van der Waals surface area contributed by atoms with E-state index in [1.807, 2.05) is 0 Å². The Labute approximate surface area is 75.9 Å². The summed E-state index contributed by atoms with van der Waals surface area (Å²) in [6.45, 7) is 1.25. The molecule has 2 fully saturated rings. The van der Waals surface area contributed by atoms with Crippen LogP contribution in [0.5, 0.6) is 0 Å². The quantitative estimate of drug-likeness (QED) is 0.666. The minimum absolute atomic E-state index is 0.833. The molecule has 0 amide bonds. The molecule has 0 radical (unpaired) electrons. The molecule has 70 valence electrons. The fraction of sp³-hybridized carbons (Fsp3) is 1.00. The number of hydrogen-bond acceptors (Lipinski definition) is 1. The molecule has 1 spiro atoms. The van der Waals surface area contributed by atoms with Crippen LogP contribution in [0.15, 0.2) is 0 Å². The van der Waals surface area contributed by atoms with Gasteiger partial charge in [0.25, 0.3) is 0 Å². The van der Waals surface area contributed by atoms with Gasteiger partial charge in [0.1, 0.15) is 0 Å². The molecule has 0 aliphatic heterocycles. The zero-order valence-corrected chi connectivity index (χ0v) is 8.23.